The van der Waals surface area contributed by atoms with E-state index in [0.29, 0.717) is 11.3 Å². The minimum atomic E-state index is -0.315. The summed E-state index contributed by atoms with van der Waals surface area (Å²) in [4.78, 5) is 45.9. The number of methoxy groups -OCH3 is 1. The lowest BCUT2D eigenvalue weighted by Crippen LogP contribution is -2.17. The predicted molar refractivity (Wildman–Crippen MR) is 142 cm³/mol. The van der Waals surface area contributed by atoms with E-state index in [4.69, 9.17) is 4.74 Å². The molecule has 3 rings (SSSR count). The number of ether oxygens (including phenoxy) is 1. The SMILES string of the molecule is CC(=O)CC(=O)Nc1ccc(C)c(C)c1.COc1ccc(C(=O)CC(=O)Nc2ccccc2C)cc1. The van der Waals surface area contributed by atoms with Crippen LogP contribution < -0.4 is 15.4 Å². The standard InChI is InChI=1S/C17H17NO3.C12H15NO2/c1-12-5-3-4-6-15(12)18-17(20)11-16(19)13-7-9-14(21-2)10-8-13;1-8-4-5-11(6-9(8)2)13-12(15)7-10(3)14/h3-10H,11H2,1-2H3,(H,18,20);4-6H,7H2,1-3H3,(H,13,15). The molecule has 3 aromatic rings. The van der Waals surface area contributed by atoms with E-state index in [1.807, 2.05) is 63.2 Å². The quantitative estimate of drug-likeness (QED) is 0.325. The van der Waals surface area contributed by atoms with Crippen LogP contribution in [0.5, 0.6) is 5.75 Å². The van der Waals surface area contributed by atoms with E-state index >= 15 is 0 Å². The Labute approximate surface area is 211 Å². The monoisotopic (exact) mass is 488 g/mol. The Morgan fingerprint density at radius 3 is 1.94 bits per heavy atom. The molecule has 188 valence electrons. The molecule has 0 aromatic heterocycles. The van der Waals surface area contributed by atoms with Gasteiger partial charge in [0, 0.05) is 16.9 Å². The second-order valence-electron chi connectivity index (χ2n) is 8.42. The van der Waals surface area contributed by atoms with Gasteiger partial charge in [0.05, 0.1) is 20.0 Å². The molecule has 36 heavy (non-hydrogen) atoms. The van der Waals surface area contributed by atoms with Gasteiger partial charge in [0.1, 0.15) is 11.5 Å². The Kier molecular flexibility index (Phi) is 10.6. The lowest BCUT2D eigenvalue weighted by atomic mass is 10.1. The minimum absolute atomic E-state index is 0.0626. The van der Waals surface area contributed by atoms with Gasteiger partial charge in [-0.1, -0.05) is 24.3 Å². The first-order valence-corrected chi connectivity index (χ1v) is 11.5. The van der Waals surface area contributed by atoms with E-state index in [9.17, 15) is 19.2 Å². The van der Waals surface area contributed by atoms with Gasteiger partial charge < -0.3 is 15.4 Å². The largest absolute Gasteiger partial charge is 0.497 e. The highest BCUT2D eigenvalue weighted by atomic mass is 16.5. The van der Waals surface area contributed by atoms with Gasteiger partial charge in [-0.3, -0.25) is 19.2 Å². The number of hydrogen-bond acceptors (Lipinski definition) is 5. The molecule has 0 bridgehead atoms. The van der Waals surface area contributed by atoms with E-state index in [1.165, 1.54) is 12.5 Å². The molecule has 0 unspecified atom stereocenters. The van der Waals surface area contributed by atoms with E-state index in [2.05, 4.69) is 10.6 Å². The summed E-state index contributed by atoms with van der Waals surface area (Å²) in [6.45, 7) is 7.30. The number of hydrogen-bond donors (Lipinski definition) is 2. The summed E-state index contributed by atoms with van der Waals surface area (Å²) in [5, 5.41) is 5.43. The number of amides is 2. The first-order valence-electron chi connectivity index (χ1n) is 11.5. The minimum Gasteiger partial charge on any atom is -0.497 e. The molecule has 0 radical (unpaired) electrons. The van der Waals surface area contributed by atoms with Crippen molar-refractivity contribution < 1.29 is 23.9 Å². The summed E-state index contributed by atoms with van der Waals surface area (Å²) in [6, 6.07) is 19.8. The van der Waals surface area contributed by atoms with Crippen molar-refractivity contribution in [2.45, 2.75) is 40.5 Å². The molecule has 0 fully saturated rings. The van der Waals surface area contributed by atoms with Gasteiger partial charge >= 0.3 is 0 Å². The van der Waals surface area contributed by atoms with Gasteiger partial charge in [-0.05, 0) is 86.8 Å². The molecule has 0 spiro atoms. The van der Waals surface area contributed by atoms with Crippen LogP contribution in [0.1, 0.15) is 46.8 Å². The summed E-state index contributed by atoms with van der Waals surface area (Å²) in [6.07, 6.45) is -0.242. The number of rotatable bonds is 8. The number of Topliss-reactive ketones (excluding diaryl/α,β-unsaturated/α-hetero) is 2. The van der Waals surface area contributed by atoms with E-state index < -0.39 is 0 Å². The summed E-state index contributed by atoms with van der Waals surface area (Å²) in [5.74, 6) is -0.244. The highest BCUT2D eigenvalue weighted by Crippen LogP contribution is 2.16. The summed E-state index contributed by atoms with van der Waals surface area (Å²) >= 11 is 0. The molecule has 2 amide bonds. The fraction of sp³-hybridized carbons (Fsp3) is 0.241. The number of anilines is 2. The molecule has 0 aliphatic rings. The van der Waals surface area contributed by atoms with Crippen LogP contribution in [0.3, 0.4) is 0 Å². The number of aryl methyl sites for hydroxylation is 3. The van der Waals surface area contributed by atoms with Gasteiger partial charge in [0.2, 0.25) is 11.8 Å². The molecule has 3 aromatic carbocycles. The maximum atomic E-state index is 12.0. The third-order valence-corrected chi connectivity index (χ3v) is 5.35. The van der Waals surface area contributed by atoms with Crippen molar-refractivity contribution in [3.8, 4) is 5.75 Å². The molecule has 0 aliphatic carbocycles. The van der Waals surface area contributed by atoms with Crippen LogP contribution in [-0.4, -0.2) is 30.5 Å². The second-order valence-corrected chi connectivity index (χ2v) is 8.42. The number of para-hydroxylation sites is 1. The van der Waals surface area contributed by atoms with E-state index in [-0.39, 0.29) is 36.2 Å². The van der Waals surface area contributed by atoms with E-state index in [1.54, 1.807) is 31.4 Å². The molecular formula is C29H32N2O5. The van der Waals surface area contributed by atoms with Crippen LogP contribution in [0, 0.1) is 20.8 Å². The van der Waals surface area contributed by atoms with Crippen molar-refractivity contribution in [3.05, 3.63) is 89.0 Å². The van der Waals surface area contributed by atoms with Crippen LogP contribution in [0.15, 0.2) is 66.7 Å². The molecule has 7 nitrogen and oxygen atoms in total. The third kappa shape index (κ3) is 9.18. The first kappa shape index (κ1) is 28.0. The summed E-state index contributed by atoms with van der Waals surface area (Å²) in [7, 11) is 1.56. The lowest BCUT2D eigenvalue weighted by molar-refractivity contribution is -0.124. The van der Waals surface area contributed by atoms with Crippen molar-refractivity contribution in [1.82, 2.24) is 0 Å². The van der Waals surface area contributed by atoms with Crippen molar-refractivity contribution >= 4 is 34.8 Å². The Morgan fingerprint density at radius 2 is 1.36 bits per heavy atom. The van der Waals surface area contributed by atoms with Crippen LogP contribution >= 0.6 is 0 Å². The Hall–Kier alpha value is -4.26. The number of ketones is 2. The zero-order valence-electron chi connectivity index (χ0n) is 21.3. The van der Waals surface area contributed by atoms with Crippen molar-refractivity contribution in [2.24, 2.45) is 0 Å². The fourth-order valence-electron chi connectivity index (χ4n) is 3.18. The smallest absolute Gasteiger partial charge is 0.232 e. The maximum absolute atomic E-state index is 12.0. The Balaban J connectivity index is 0.000000269. The number of carbonyl (C=O) groups is 4. The van der Waals surface area contributed by atoms with Gasteiger partial charge in [-0.2, -0.15) is 0 Å². The summed E-state index contributed by atoms with van der Waals surface area (Å²) < 4.78 is 5.03. The highest BCUT2D eigenvalue weighted by Gasteiger charge is 2.13. The number of nitrogens with one attached hydrogen (secondary N) is 2. The third-order valence-electron chi connectivity index (χ3n) is 5.35. The van der Waals surface area contributed by atoms with Gasteiger partial charge in [-0.25, -0.2) is 0 Å². The highest BCUT2D eigenvalue weighted by molar-refractivity contribution is 6.11. The van der Waals surface area contributed by atoms with Crippen molar-refractivity contribution in [3.63, 3.8) is 0 Å². The molecule has 0 heterocycles. The van der Waals surface area contributed by atoms with Gasteiger partial charge in [0.15, 0.2) is 5.78 Å². The maximum Gasteiger partial charge on any atom is 0.232 e. The normalized spacial score (nSPS) is 9.92. The average molecular weight is 489 g/mol. The van der Waals surface area contributed by atoms with Crippen LogP contribution in [0.25, 0.3) is 0 Å². The molecule has 0 saturated heterocycles. The van der Waals surface area contributed by atoms with Crippen LogP contribution in [-0.2, 0) is 14.4 Å². The first-order chi connectivity index (χ1) is 17.1. The topological polar surface area (TPSA) is 102 Å². The van der Waals surface area contributed by atoms with Crippen molar-refractivity contribution in [1.29, 1.82) is 0 Å². The Morgan fingerprint density at radius 1 is 0.722 bits per heavy atom. The summed E-state index contributed by atoms with van der Waals surface area (Å²) in [5.41, 5.74) is 5.23. The fourth-order valence-corrected chi connectivity index (χ4v) is 3.18. The lowest BCUT2D eigenvalue weighted by Gasteiger charge is -2.08. The predicted octanol–water partition coefficient (Wildman–Crippen LogP) is 5.44. The molecule has 0 saturated carbocycles. The van der Waals surface area contributed by atoms with Gasteiger partial charge in [0.25, 0.3) is 0 Å². The Bertz CT molecular complexity index is 1230. The molecular weight excluding hydrogens is 456 g/mol. The van der Waals surface area contributed by atoms with Crippen LogP contribution in [0.4, 0.5) is 11.4 Å². The number of benzene rings is 3. The van der Waals surface area contributed by atoms with Gasteiger partial charge in [-0.15, -0.1) is 0 Å². The van der Waals surface area contributed by atoms with Crippen molar-refractivity contribution in [2.75, 3.05) is 17.7 Å². The van der Waals surface area contributed by atoms with E-state index in [0.717, 1.165) is 22.5 Å². The molecule has 0 atom stereocenters. The molecule has 0 aliphatic heterocycles. The number of carbonyl (C=O) groups excluding carboxylic acids is 4. The second kappa shape index (κ2) is 13.6. The average Bonchev–Trinajstić information content (AvgIpc) is 2.83. The van der Waals surface area contributed by atoms with Crippen LogP contribution in [0.2, 0.25) is 0 Å². The molecule has 2 N–H and O–H groups in total. The zero-order chi connectivity index (χ0) is 26.7. The molecule has 7 heteroatoms. The zero-order valence-corrected chi connectivity index (χ0v) is 21.3.